The maximum atomic E-state index is 4.52. The average molecular weight is 419 g/mol. The van der Waals surface area contributed by atoms with Gasteiger partial charge in [0.1, 0.15) is 11.7 Å². The fraction of sp³-hybridized carbons (Fsp3) is 0.200. The molecule has 140 valence electrons. The molecule has 3 heterocycles. The van der Waals surface area contributed by atoms with Gasteiger partial charge in [0.05, 0.1) is 13.1 Å². The summed E-state index contributed by atoms with van der Waals surface area (Å²) in [6.45, 7) is 3.62. The van der Waals surface area contributed by atoms with Gasteiger partial charge in [-0.25, -0.2) is 0 Å². The Bertz CT molecular complexity index is 1010. The van der Waals surface area contributed by atoms with Crippen molar-refractivity contribution in [2.45, 2.75) is 0 Å². The van der Waals surface area contributed by atoms with Crippen LogP contribution >= 0.6 is 36.2 Å². The average Bonchev–Trinajstić information content (AvgIpc) is 3.42. The summed E-state index contributed by atoms with van der Waals surface area (Å²) in [6, 6.07) is 17.5. The molecule has 2 aliphatic rings. The summed E-state index contributed by atoms with van der Waals surface area (Å²) in [6.07, 6.45) is 0. The molecular formula is C20H20Cl2N4S. The Labute approximate surface area is 174 Å². The van der Waals surface area contributed by atoms with Crippen LogP contribution in [0.15, 0.2) is 58.5 Å². The smallest absolute Gasteiger partial charge is 0.128 e. The third-order valence-corrected chi connectivity index (χ3v) is 5.75. The zero-order valence-corrected chi connectivity index (χ0v) is 17.0. The molecule has 0 atom stereocenters. The number of fused-ring (bicyclic) bond motifs is 1. The van der Waals surface area contributed by atoms with Gasteiger partial charge in [0.15, 0.2) is 0 Å². The lowest BCUT2D eigenvalue weighted by Crippen LogP contribution is -2.19. The molecule has 4 nitrogen and oxygen atoms in total. The summed E-state index contributed by atoms with van der Waals surface area (Å²) in [5, 5.41) is 7.94. The molecule has 3 aromatic rings. The molecule has 27 heavy (non-hydrogen) atoms. The number of hydrogen-bond acceptors (Lipinski definition) is 5. The monoisotopic (exact) mass is 418 g/mol. The minimum atomic E-state index is 0. The first kappa shape index (κ1) is 19.7. The first-order valence-corrected chi connectivity index (χ1v) is 9.40. The lowest BCUT2D eigenvalue weighted by Gasteiger charge is -2.03. The Hall–Kier alpha value is -2.08. The van der Waals surface area contributed by atoms with Crippen molar-refractivity contribution in [2.75, 3.05) is 26.2 Å². The maximum Gasteiger partial charge on any atom is 0.128 e. The van der Waals surface area contributed by atoms with Gasteiger partial charge < -0.3 is 10.6 Å². The highest BCUT2D eigenvalue weighted by Gasteiger charge is 2.12. The van der Waals surface area contributed by atoms with Crippen LogP contribution in [0.1, 0.15) is 11.1 Å². The second-order valence-electron chi connectivity index (χ2n) is 6.25. The number of rotatable bonds is 3. The van der Waals surface area contributed by atoms with Gasteiger partial charge in [0.25, 0.3) is 0 Å². The Morgan fingerprint density at radius 3 is 1.93 bits per heavy atom. The highest BCUT2D eigenvalue weighted by atomic mass is 35.5. The summed E-state index contributed by atoms with van der Waals surface area (Å²) < 4.78 is 1.31. The highest BCUT2D eigenvalue weighted by molar-refractivity contribution is 7.22. The van der Waals surface area contributed by atoms with E-state index in [1.807, 2.05) is 11.3 Å². The van der Waals surface area contributed by atoms with Crippen LogP contribution in [-0.4, -0.2) is 37.9 Å². The zero-order chi connectivity index (χ0) is 16.6. The Balaban J connectivity index is 0.00000105. The largest absolute Gasteiger partial charge is 0.368 e. The fourth-order valence-corrected chi connectivity index (χ4v) is 4.36. The molecule has 0 bridgehead atoms. The summed E-state index contributed by atoms with van der Waals surface area (Å²) in [5.74, 6) is 2.03. The van der Waals surface area contributed by atoms with E-state index in [2.05, 4.69) is 69.1 Å². The second kappa shape index (κ2) is 8.30. The van der Waals surface area contributed by atoms with E-state index in [1.54, 1.807) is 0 Å². The number of benzene rings is 2. The van der Waals surface area contributed by atoms with Crippen molar-refractivity contribution in [3.8, 4) is 10.4 Å². The summed E-state index contributed by atoms with van der Waals surface area (Å²) >= 11 is 1.83. The molecule has 0 spiro atoms. The van der Waals surface area contributed by atoms with E-state index in [1.165, 1.54) is 26.1 Å². The van der Waals surface area contributed by atoms with Crippen molar-refractivity contribution in [2.24, 2.45) is 9.98 Å². The molecule has 2 aliphatic heterocycles. The molecule has 0 amide bonds. The van der Waals surface area contributed by atoms with E-state index in [0.717, 1.165) is 43.4 Å². The van der Waals surface area contributed by atoms with E-state index in [-0.39, 0.29) is 24.8 Å². The van der Waals surface area contributed by atoms with Crippen LogP contribution in [0.2, 0.25) is 0 Å². The number of thiophene rings is 1. The second-order valence-corrected chi connectivity index (χ2v) is 7.34. The number of halogens is 2. The molecule has 0 radical (unpaired) electrons. The SMILES string of the molecule is Cl.Cl.c1cc(-c2cc3cc(C4=NCCN4)ccc3s2)ccc1C1=NCCN1. The van der Waals surface area contributed by atoms with E-state index < -0.39 is 0 Å². The van der Waals surface area contributed by atoms with Crippen LogP contribution in [0.3, 0.4) is 0 Å². The normalized spacial score (nSPS) is 15.3. The molecule has 0 aliphatic carbocycles. The molecule has 2 N–H and O–H groups in total. The van der Waals surface area contributed by atoms with Gasteiger partial charge in [-0.15, -0.1) is 36.2 Å². The standard InChI is InChI=1S/C20H18N4S.2ClH/c1-3-14(19-21-7-8-22-19)4-2-13(1)18-12-16-11-15(5-6-17(16)25-18)20-23-9-10-24-20;;/h1-6,11-12H,7-10H2,(H,21,22)(H,23,24);2*1H. The lowest BCUT2D eigenvalue weighted by atomic mass is 10.1. The molecule has 1 aromatic heterocycles. The van der Waals surface area contributed by atoms with Gasteiger partial charge in [-0.1, -0.05) is 24.3 Å². The summed E-state index contributed by atoms with van der Waals surface area (Å²) in [4.78, 5) is 10.3. The van der Waals surface area contributed by atoms with Crippen molar-refractivity contribution in [1.29, 1.82) is 0 Å². The number of nitrogens with zero attached hydrogens (tertiary/aromatic N) is 2. The van der Waals surface area contributed by atoms with Crippen molar-refractivity contribution in [3.05, 3.63) is 59.7 Å². The quantitative estimate of drug-likeness (QED) is 0.671. The molecule has 0 fully saturated rings. The third-order valence-electron chi connectivity index (χ3n) is 4.58. The van der Waals surface area contributed by atoms with Gasteiger partial charge in [0.2, 0.25) is 0 Å². The molecule has 0 saturated heterocycles. The van der Waals surface area contributed by atoms with Gasteiger partial charge in [-0.2, -0.15) is 0 Å². The summed E-state index contributed by atoms with van der Waals surface area (Å²) in [7, 11) is 0. The van der Waals surface area contributed by atoms with Crippen LogP contribution in [0.5, 0.6) is 0 Å². The minimum absolute atomic E-state index is 0. The molecular weight excluding hydrogens is 399 g/mol. The molecule has 5 rings (SSSR count). The van der Waals surface area contributed by atoms with Crippen LogP contribution in [0.4, 0.5) is 0 Å². The van der Waals surface area contributed by atoms with Gasteiger partial charge in [0, 0.05) is 33.8 Å². The number of aliphatic imine (C=N–C) groups is 2. The molecule has 0 unspecified atom stereocenters. The van der Waals surface area contributed by atoms with Crippen LogP contribution in [-0.2, 0) is 0 Å². The topological polar surface area (TPSA) is 48.8 Å². The van der Waals surface area contributed by atoms with Gasteiger partial charge in [-0.3, -0.25) is 9.98 Å². The minimum Gasteiger partial charge on any atom is -0.368 e. The molecule has 7 heteroatoms. The zero-order valence-electron chi connectivity index (χ0n) is 14.6. The van der Waals surface area contributed by atoms with E-state index in [0.29, 0.717) is 0 Å². The first-order chi connectivity index (χ1) is 12.4. The van der Waals surface area contributed by atoms with Crippen LogP contribution in [0.25, 0.3) is 20.5 Å². The first-order valence-electron chi connectivity index (χ1n) is 8.58. The Morgan fingerprint density at radius 1 is 0.704 bits per heavy atom. The molecule has 2 aromatic carbocycles. The third kappa shape index (κ3) is 3.81. The van der Waals surface area contributed by atoms with E-state index in [9.17, 15) is 0 Å². The van der Waals surface area contributed by atoms with Gasteiger partial charge >= 0.3 is 0 Å². The lowest BCUT2D eigenvalue weighted by molar-refractivity contribution is 0.960. The number of nitrogens with one attached hydrogen (secondary N) is 2. The highest BCUT2D eigenvalue weighted by Crippen LogP contribution is 2.34. The Kier molecular flexibility index (Phi) is 6.05. The summed E-state index contributed by atoms with van der Waals surface area (Å²) in [5.41, 5.74) is 3.59. The van der Waals surface area contributed by atoms with Crippen molar-refractivity contribution in [3.63, 3.8) is 0 Å². The molecule has 0 saturated carbocycles. The Morgan fingerprint density at radius 2 is 1.30 bits per heavy atom. The van der Waals surface area contributed by atoms with Crippen molar-refractivity contribution >= 4 is 57.9 Å². The predicted octanol–water partition coefficient (Wildman–Crippen LogP) is 4.11. The number of amidine groups is 2. The van der Waals surface area contributed by atoms with E-state index in [4.69, 9.17) is 0 Å². The maximum absolute atomic E-state index is 4.52. The van der Waals surface area contributed by atoms with Gasteiger partial charge in [-0.05, 0) is 35.2 Å². The fourth-order valence-electron chi connectivity index (χ4n) is 3.31. The van der Waals surface area contributed by atoms with Crippen LogP contribution < -0.4 is 10.6 Å². The van der Waals surface area contributed by atoms with Crippen molar-refractivity contribution in [1.82, 2.24) is 10.6 Å². The van der Waals surface area contributed by atoms with Crippen molar-refractivity contribution < 1.29 is 0 Å². The van der Waals surface area contributed by atoms with Crippen LogP contribution in [0, 0.1) is 0 Å². The predicted molar refractivity (Wildman–Crippen MR) is 121 cm³/mol. The van der Waals surface area contributed by atoms with E-state index >= 15 is 0 Å². The number of hydrogen-bond donors (Lipinski definition) is 2.